The molecule has 0 aliphatic carbocycles. The quantitative estimate of drug-likeness (QED) is 0.793. The van der Waals surface area contributed by atoms with Crippen LogP contribution in [0.5, 0.6) is 0 Å². The van der Waals surface area contributed by atoms with Gasteiger partial charge in [-0.05, 0) is 5.41 Å². The van der Waals surface area contributed by atoms with Gasteiger partial charge >= 0.3 is 0 Å². The maximum Gasteiger partial charge on any atom is 0.240 e. The molecule has 0 aromatic carbocycles. The van der Waals surface area contributed by atoms with Gasteiger partial charge in [0.2, 0.25) is 5.89 Å². The van der Waals surface area contributed by atoms with E-state index in [0.29, 0.717) is 31.3 Å². The second-order valence-electron chi connectivity index (χ2n) is 7.31. The highest BCUT2D eigenvalue weighted by molar-refractivity contribution is 4.88. The number of aliphatic hydroxyl groups is 1. The molecule has 1 saturated heterocycles. The van der Waals surface area contributed by atoms with Crippen LogP contribution in [0.15, 0.2) is 4.52 Å². The first kappa shape index (κ1) is 18.3. The number of aromatic nitrogens is 2. The summed E-state index contributed by atoms with van der Waals surface area (Å²) < 4.78 is 10.3. The summed E-state index contributed by atoms with van der Waals surface area (Å²) in [6, 6.07) is 0. The fraction of sp³-hybridized carbons (Fsp3) is 0.875. The smallest absolute Gasteiger partial charge is 0.240 e. The van der Waals surface area contributed by atoms with Crippen LogP contribution in [0.25, 0.3) is 0 Å². The van der Waals surface area contributed by atoms with Crippen molar-refractivity contribution >= 4 is 0 Å². The highest BCUT2D eigenvalue weighted by atomic mass is 16.5. The van der Waals surface area contributed by atoms with E-state index in [4.69, 9.17) is 9.26 Å². The molecule has 23 heavy (non-hydrogen) atoms. The Kier molecular flexibility index (Phi) is 6.52. The molecule has 2 heterocycles. The van der Waals surface area contributed by atoms with E-state index in [1.165, 1.54) is 0 Å². The Balaban J connectivity index is 1.73. The van der Waals surface area contributed by atoms with Crippen molar-refractivity contribution in [1.82, 2.24) is 19.9 Å². The van der Waals surface area contributed by atoms with Crippen LogP contribution in [-0.4, -0.2) is 77.6 Å². The number of nitrogens with zero attached hydrogens (tertiary/aromatic N) is 4. The third-order valence-corrected chi connectivity index (χ3v) is 4.29. The molecule has 0 radical (unpaired) electrons. The number of piperazine rings is 1. The molecule has 1 aliphatic rings. The van der Waals surface area contributed by atoms with Gasteiger partial charge in [-0.3, -0.25) is 9.80 Å². The fourth-order valence-electron chi connectivity index (χ4n) is 2.49. The zero-order valence-corrected chi connectivity index (χ0v) is 14.8. The number of methoxy groups -OCH3 is 1. The average molecular weight is 326 g/mol. The van der Waals surface area contributed by atoms with Crippen molar-refractivity contribution in [2.24, 2.45) is 5.41 Å². The van der Waals surface area contributed by atoms with Crippen LogP contribution in [0.3, 0.4) is 0 Å². The van der Waals surface area contributed by atoms with Crippen molar-refractivity contribution < 1.29 is 14.4 Å². The monoisotopic (exact) mass is 326 g/mol. The third kappa shape index (κ3) is 5.84. The Labute approximate surface area is 138 Å². The Bertz CT molecular complexity index is 464. The lowest BCUT2D eigenvalue weighted by Crippen LogP contribution is -2.49. The van der Waals surface area contributed by atoms with Crippen LogP contribution in [0.1, 0.15) is 32.5 Å². The SMILES string of the molecule is COCCc1noc(CN2CCN(C[C@@H](O)C(C)(C)C)CC2)n1. The highest BCUT2D eigenvalue weighted by Crippen LogP contribution is 2.20. The summed E-state index contributed by atoms with van der Waals surface area (Å²) in [4.78, 5) is 9.03. The number of β-amino-alcohol motifs (C(OH)–C–C–N with tert-alkyl or cyclic N) is 1. The molecule has 2 rings (SSSR count). The maximum atomic E-state index is 10.2. The minimum Gasteiger partial charge on any atom is -0.391 e. The second-order valence-corrected chi connectivity index (χ2v) is 7.31. The molecule has 1 aromatic heterocycles. The highest BCUT2D eigenvalue weighted by Gasteiger charge is 2.26. The van der Waals surface area contributed by atoms with Gasteiger partial charge in [-0.2, -0.15) is 4.98 Å². The Morgan fingerprint density at radius 3 is 2.48 bits per heavy atom. The van der Waals surface area contributed by atoms with E-state index in [1.807, 2.05) is 0 Å². The minimum atomic E-state index is -0.298. The number of ether oxygens (including phenoxy) is 1. The summed E-state index contributed by atoms with van der Waals surface area (Å²) in [6.07, 6.45) is 0.381. The topological polar surface area (TPSA) is 74.9 Å². The lowest BCUT2D eigenvalue weighted by Gasteiger charge is -2.37. The van der Waals surface area contributed by atoms with Crippen molar-refractivity contribution in [1.29, 1.82) is 0 Å². The number of aliphatic hydroxyl groups excluding tert-OH is 1. The summed E-state index contributed by atoms with van der Waals surface area (Å²) in [6.45, 7) is 12.1. The van der Waals surface area contributed by atoms with Crippen molar-refractivity contribution in [2.45, 2.75) is 39.8 Å². The average Bonchev–Trinajstić information content (AvgIpc) is 2.93. The van der Waals surface area contributed by atoms with Crippen molar-refractivity contribution in [2.75, 3.05) is 46.4 Å². The predicted octanol–water partition coefficient (Wildman–Crippen LogP) is 0.783. The molecule has 7 nitrogen and oxygen atoms in total. The first-order valence-corrected chi connectivity index (χ1v) is 8.31. The van der Waals surface area contributed by atoms with E-state index in [0.717, 1.165) is 32.7 Å². The minimum absolute atomic E-state index is 0.0699. The van der Waals surface area contributed by atoms with Crippen LogP contribution in [0.4, 0.5) is 0 Å². The molecule has 1 atom stereocenters. The lowest BCUT2D eigenvalue weighted by molar-refractivity contribution is 0.0115. The molecule has 132 valence electrons. The van der Waals surface area contributed by atoms with Gasteiger partial charge in [0.25, 0.3) is 0 Å². The van der Waals surface area contributed by atoms with Crippen molar-refractivity contribution in [3.05, 3.63) is 11.7 Å². The summed E-state index contributed by atoms with van der Waals surface area (Å²) in [5.41, 5.74) is -0.0699. The van der Waals surface area contributed by atoms with E-state index in [1.54, 1.807) is 7.11 Å². The molecule has 1 fully saturated rings. The van der Waals surface area contributed by atoms with E-state index in [-0.39, 0.29) is 11.5 Å². The van der Waals surface area contributed by atoms with Crippen LogP contribution < -0.4 is 0 Å². The summed E-state index contributed by atoms with van der Waals surface area (Å²) in [7, 11) is 1.66. The zero-order valence-electron chi connectivity index (χ0n) is 14.8. The van der Waals surface area contributed by atoms with Crippen molar-refractivity contribution in [3.63, 3.8) is 0 Å². The van der Waals surface area contributed by atoms with Crippen LogP contribution in [-0.2, 0) is 17.7 Å². The second kappa shape index (κ2) is 8.19. The number of hydrogen-bond donors (Lipinski definition) is 1. The van der Waals surface area contributed by atoms with Crippen LogP contribution in [0.2, 0.25) is 0 Å². The summed E-state index contributed by atoms with van der Waals surface area (Å²) >= 11 is 0. The fourth-order valence-corrected chi connectivity index (χ4v) is 2.49. The maximum absolute atomic E-state index is 10.2. The molecule has 0 bridgehead atoms. The molecule has 0 unspecified atom stereocenters. The van der Waals surface area contributed by atoms with Gasteiger partial charge in [0.05, 0.1) is 19.3 Å². The van der Waals surface area contributed by atoms with Gasteiger partial charge in [0, 0.05) is 46.3 Å². The zero-order chi connectivity index (χ0) is 16.9. The van der Waals surface area contributed by atoms with E-state index in [9.17, 15) is 5.11 Å². The van der Waals surface area contributed by atoms with Gasteiger partial charge in [-0.1, -0.05) is 25.9 Å². The molecule has 1 aliphatic heterocycles. The Hall–Kier alpha value is -1.02. The van der Waals surface area contributed by atoms with Gasteiger partial charge in [0.15, 0.2) is 5.82 Å². The lowest BCUT2D eigenvalue weighted by atomic mass is 9.89. The number of hydrogen-bond acceptors (Lipinski definition) is 7. The molecule has 7 heteroatoms. The Morgan fingerprint density at radius 2 is 1.87 bits per heavy atom. The molecule has 1 aromatic rings. The van der Waals surface area contributed by atoms with Gasteiger partial charge in [-0.25, -0.2) is 0 Å². The van der Waals surface area contributed by atoms with E-state index in [2.05, 4.69) is 40.7 Å². The predicted molar refractivity (Wildman–Crippen MR) is 87.1 cm³/mol. The molecule has 1 N–H and O–H groups in total. The normalized spacial score (nSPS) is 19.2. The standard InChI is InChI=1S/C16H30N4O3/c1-16(2,3)13(21)11-19-6-8-20(9-7-19)12-15-17-14(18-23-15)5-10-22-4/h13,21H,5-12H2,1-4H3/t13-/m1/s1. The third-order valence-electron chi connectivity index (χ3n) is 4.29. The molecule has 0 amide bonds. The summed E-state index contributed by atoms with van der Waals surface area (Å²) in [5.74, 6) is 1.37. The first-order valence-electron chi connectivity index (χ1n) is 8.31. The van der Waals surface area contributed by atoms with Gasteiger partial charge in [0.1, 0.15) is 0 Å². The van der Waals surface area contributed by atoms with Gasteiger partial charge in [-0.15, -0.1) is 0 Å². The Morgan fingerprint density at radius 1 is 1.22 bits per heavy atom. The first-order chi connectivity index (χ1) is 10.9. The van der Waals surface area contributed by atoms with Crippen molar-refractivity contribution in [3.8, 4) is 0 Å². The molecule has 0 spiro atoms. The van der Waals surface area contributed by atoms with E-state index >= 15 is 0 Å². The molecular formula is C16H30N4O3. The van der Waals surface area contributed by atoms with E-state index < -0.39 is 0 Å². The molecule has 0 saturated carbocycles. The number of rotatable bonds is 7. The van der Waals surface area contributed by atoms with Crippen LogP contribution >= 0.6 is 0 Å². The van der Waals surface area contributed by atoms with Gasteiger partial charge < -0.3 is 14.4 Å². The van der Waals surface area contributed by atoms with Crippen LogP contribution in [0, 0.1) is 5.41 Å². The molecular weight excluding hydrogens is 296 g/mol. The summed E-state index contributed by atoms with van der Waals surface area (Å²) in [5, 5.41) is 14.2. The largest absolute Gasteiger partial charge is 0.391 e.